The average Bonchev–Trinajstić information content (AvgIpc) is 2.47. The molecule has 0 spiro atoms. The quantitative estimate of drug-likeness (QED) is 0.861. The first-order valence-corrected chi connectivity index (χ1v) is 7.37. The topological polar surface area (TPSA) is 55.1 Å². The largest absolute Gasteiger partial charge is 0.367 e. The number of hydrogen-bond acceptors (Lipinski definition) is 2. The lowest BCUT2D eigenvalue weighted by molar-refractivity contribution is -0.122. The molecule has 110 valence electrons. The van der Waals surface area contributed by atoms with Crippen LogP contribution in [-0.4, -0.2) is 5.91 Å². The van der Waals surface area contributed by atoms with Crippen molar-refractivity contribution >= 4 is 27.5 Å². The van der Waals surface area contributed by atoms with Crippen LogP contribution in [0.3, 0.4) is 0 Å². The molecule has 2 aromatic rings. The van der Waals surface area contributed by atoms with Crippen LogP contribution in [0.4, 0.5) is 10.1 Å². The molecule has 1 amide bonds. The number of para-hydroxylation sites is 1. The van der Waals surface area contributed by atoms with Gasteiger partial charge in [0.25, 0.3) is 0 Å². The lowest BCUT2D eigenvalue weighted by Gasteiger charge is -2.32. The van der Waals surface area contributed by atoms with Gasteiger partial charge in [0, 0.05) is 4.47 Å². The summed E-state index contributed by atoms with van der Waals surface area (Å²) in [5.74, 6) is -0.968. The first-order chi connectivity index (χ1) is 9.99. The van der Waals surface area contributed by atoms with Gasteiger partial charge in [0.05, 0.1) is 5.69 Å². The third-order valence-corrected chi connectivity index (χ3v) is 4.04. The third-order valence-electron chi connectivity index (χ3n) is 3.51. The molecule has 0 aliphatic rings. The Kier molecular flexibility index (Phi) is 4.63. The second kappa shape index (κ2) is 6.26. The number of primary amides is 1. The number of hydrogen-bond donors (Lipinski definition) is 2. The van der Waals surface area contributed by atoms with E-state index in [4.69, 9.17) is 5.73 Å². The van der Waals surface area contributed by atoms with E-state index in [1.54, 1.807) is 30.3 Å². The maximum absolute atomic E-state index is 13.9. The standard InChI is InChI=1S/C16H16BrFN2O/c1-2-16(15(19)21,11-7-9-12(17)10-8-11)20-14-6-4-3-5-13(14)18/h3-10,20H,2H2,1H3,(H2,19,21). The molecule has 0 fully saturated rings. The summed E-state index contributed by atoms with van der Waals surface area (Å²) >= 11 is 3.35. The van der Waals surface area contributed by atoms with Crippen LogP contribution >= 0.6 is 15.9 Å². The van der Waals surface area contributed by atoms with Gasteiger partial charge in [0.1, 0.15) is 11.4 Å². The summed E-state index contributed by atoms with van der Waals surface area (Å²) in [6, 6.07) is 13.5. The molecular weight excluding hydrogens is 335 g/mol. The van der Waals surface area contributed by atoms with E-state index in [2.05, 4.69) is 21.2 Å². The molecule has 3 nitrogen and oxygen atoms in total. The molecule has 2 rings (SSSR count). The zero-order valence-electron chi connectivity index (χ0n) is 11.6. The van der Waals surface area contributed by atoms with Gasteiger partial charge in [-0.3, -0.25) is 4.79 Å². The molecule has 0 aromatic heterocycles. The normalized spacial score (nSPS) is 13.5. The van der Waals surface area contributed by atoms with E-state index < -0.39 is 17.3 Å². The van der Waals surface area contributed by atoms with Gasteiger partial charge in [-0.05, 0) is 36.2 Å². The number of halogens is 2. The van der Waals surface area contributed by atoms with Crippen LogP contribution in [0, 0.1) is 5.82 Å². The molecule has 2 aromatic carbocycles. The Labute approximate surface area is 131 Å². The van der Waals surface area contributed by atoms with Crippen LogP contribution in [0.2, 0.25) is 0 Å². The molecule has 21 heavy (non-hydrogen) atoms. The van der Waals surface area contributed by atoms with Gasteiger partial charge in [0.15, 0.2) is 0 Å². The molecule has 0 saturated heterocycles. The maximum atomic E-state index is 13.9. The second-order valence-corrected chi connectivity index (χ2v) is 5.65. The molecule has 0 aliphatic heterocycles. The highest BCUT2D eigenvalue weighted by molar-refractivity contribution is 9.10. The molecule has 5 heteroatoms. The van der Waals surface area contributed by atoms with Gasteiger partial charge in [0.2, 0.25) is 5.91 Å². The summed E-state index contributed by atoms with van der Waals surface area (Å²) in [5, 5.41) is 2.98. The molecule has 0 aliphatic carbocycles. The van der Waals surface area contributed by atoms with Crippen molar-refractivity contribution in [3.63, 3.8) is 0 Å². The van der Waals surface area contributed by atoms with E-state index in [1.165, 1.54) is 6.07 Å². The number of benzene rings is 2. The minimum absolute atomic E-state index is 0.251. The van der Waals surface area contributed by atoms with Gasteiger partial charge in [-0.15, -0.1) is 0 Å². The van der Waals surface area contributed by atoms with E-state index in [9.17, 15) is 9.18 Å². The molecule has 1 unspecified atom stereocenters. The predicted molar refractivity (Wildman–Crippen MR) is 85.3 cm³/mol. The second-order valence-electron chi connectivity index (χ2n) is 4.73. The predicted octanol–water partition coefficient (Wildman–Crippen LogP) is 3.79. The van der Waals surface area contributed by atoms with Crippen molar-refractivity contribution in [1.82, 2.24) is 0 Å². The van der Waals surface area contributed by atoms with E-state index in [0.29, 0.717) is 12.0 Å². The monoisotopic (exact) mass is 350 g/mol. The molecule has 0 heterocycles. The summed E-state index contributed by atoms with van der Waals surface area (Å²) in [6.07, 6.45) is 0.401. The van der Waals surface area contributed by atoms with Crippen molar-refractivity contribution in [2.45, 2.75) is 18.9 Å². The Morgan fingerprint density at radius 3 is 2.38 bits per heavy atom. The zero-order chi connectivity index (χ0) is 15.5. The minimum Gasteiger partial charge on any atom is -0.367 e. The Morgan fingerprint density at radius 2 is 1.86 bits per heavy atom. The molecule has 0 radical (unpaired) electrons. The lowest BCUT2D eigenvalue weighted by atomic mass is 9.86. The van der Waals surface area contributed by atoms with Crippen LogP contribution < -0.4 is 11.1 Å². The third kappa shape index (κ3) is 3.08. The number of anilines is 1. The summed E-state index contributed by atoms with van der Waals surface area (Å²) in [7, 11) is 0. The molecule has 0 bridgehead atoms. The molecule has 3 N–H and O–H groups in total. The van der Waals surface area contributed by atoms with Crippen molar-refractivity contribution < 1.29 is 9.18 Å². The summed E-state index contributed by atoms with van der Waals surface area (Å²) in [5.41, 5.74) is 5.41. The van der Waals surface area contributed by atoms with E-state index in [0.717, 1.165) is 4.47 Å². The van der Waals surface area contributed by atoms with Crippen molar-refractivity contribution in [1.29, 1.82) is 0 Å². The maximum Gasteiger partial charge on any atom is 0.247 e. The SMILES string of the molecule is CCC(Nc1ccccc1F)(C(N)=O)c1ccc(Br)cc1. The minimum atomic E-state index is -1.15. The van der Waals surface area contributed by atoms with Crippen molar-refractivity contribution in [3.8, 4) is 0 Å². The van der Waals surface area contributed by atoms with Gasteiger partial charge in [-0.2, -0.15) is 0 Å². The van der Waals surface area contributed by atoms with Crippen LogP contribution in [0.1, 0.15) is 18.9 Å². The van der Waals surface area contributed by atoms with Gasteiger partial charge in [-0.1, -0.05) is 47.1 Å². The fourth-order valence-corrected chi connectivity index (χ4v) is 2.53. The fraction of sp³-hybridized carbons (Fsp3) is 0.188. The highest BCUT2D eigenvalue weighted by atomic mass is 79.9. The lowest BCUT2D eigenvalue weighted by Crippen LogP contribution is -2.47. The summed E-state index contributed by atoms with van der Waals surface area (Å²) in [6.45, 7) is 1.83. The first-order valence-electron chi connectivity index (χ1n) is 6.58. The average molecular weight is 351 g/mol. The summed E-state index contributed by atoms with van der Waals surface area (Å²) < 4.78 is 14.8. The number of nitrogens with two attached hydrogens (primary N) is 1. The van der Waals surface area contributed by atoms with E-state index in [-0.39, 0.29) is 5.69 Å². The number of amides is 1. The van der Waals surface area contributed by atoms with Crippen LogP contribution in [0.25, 0.3) is 0 Å². The molecular formula is C16H16BrFN2O. The van der Waals surface area contributed by atoms with Crippen molar-refractivity contribution in [3.05, 3.63) is 64.4 Å². The number of carbonyl (C=O) groups is 1. The number of rotatable bonds is 5. The van der Waals surface area contributed by atoms with Gasteiger partial charge >= 0.3 is 0 Å². The Morgan fingerprint density at radius 1 is 1.24 bits per heavy atom. The highest BCUT2D eigenvalue weighted by Crippen LogP contribution is 2.31. The number of nitrogens with one attached hydrogen (secondary N) is 1. The number of carbonyl (C=O) groups excluding carboxylic acids is 1. The van der Waals surface area contributed by atoms with Crippen molar-refractivity contribution in [2.24, 2.45) is 5.73 Å². The Balaban J connectivity index is 2.50. The van der Waals surface area contributed by atoms with Crippen LogP contribution in [-0.2, 0) is 10.3 Å². The van der Waals surface area contributed by atoms with Crippen molar-refractivity contribution in [2.75, 3.05) is 5.32 Å². The van der Waals surface area contributed by atoms with E-state index in [1.807, 2.05) is 19.1 Å². The van der Waals surface area contributed by atoms with Gasteiger partial charge in [-0.25, -0.2) is 4.39 Å². The molecule has 0 saturated carbocycles. The molecule has 1 atom stereocenters. The first kappa shape index (κ1) is 15.5. The summed E-state index contributed by atoms with van der Waals surface area (Å²) in [4.78, 5) is 12.1. The zero-order valence-corrected chi connectivity index (χ0v) is 13.2. The van der Waals surface area contributed by atoms with E-state index >= 15 is 0 Å². The van der Waals surface area contributed by atoms with Crippen LogP contribution in [0.15, 0.2) is 53.0 Å². The fourth-order valence-electron chi connectivity index (χ4n) is 2.27. The van der Waals surface area contributed by atoms with Gasteiger partial charge < -0.3 is 11.1 Å². The Bertz CT molecular complexity index is 645. The Hall–Kier alpha value is -1.88. The highest BCUT2D eigenvalue weighted by Gasteiger charge is 2.37. The van der Waals surface area contributed by atoms with Crippen LogP contribution in [0.5, 0.6) is 0 Å². The smallest absolute Gasteiger partial charge is 0.247 e.